The van der Waals surface area contributed by atoms with Crippen LogP contribution in [0.5, 0.6) is 5.75 Å². The van der Waals surface area contributed by atoms with Crippen LogP contribution in [-0.2, 0) is 35.3 Å². The van der Waals surface area contributed by atoms with Crippen molar-refractivity contribution in [2.24, 2.45) is 7.05 Å². The maximum atomic E-state index is 12.4. The lowest BCUT2D eigenvalue weighted by atomic mass is 10.0. The molecule has 0 radical (unpaired) electrons. The summed E-state index contributed by atoms with van der Waals surface area (Å²) < 4.78 is 23.9. The normalized spacial score (nSPS) is 19.8. The molecule has 7 rings (SSSR count). The van der Waals surface area contributed by atoms with Crippen LogP contribution in [0.4, 0.5) is 11.4 Å². The summed E-state index contributed by atoms with van der Waals surface area (Å²) in [5.41, 5.74) is 3.79. The molecule has 13 heteroatoms. The SMILES string of the molecule is CCn1cnn(-c2ccc(N3CCN(c4ccc(OCC5COC(Cc6nncn6C)(c6ccc(Cl)cc6)O5)cc4)CC3)cc2)c1=O. The molecule has 2 fully saturated rings. The summed E-state index contributed by atoms with van der Waals surface area (Å²) in [6, 6.07) is 23.7. The van der Waals surface area contributed by atoms with Gasteiger partial charge < -0.3 is 28.6 Å². The maximum Gasteiger partial charge on any atom is 0.350 e. The van der Waals surface area contributed by atoms with Gasteiger partial charge in [-0.25, -0.2) is 4.79 Å². The second-order valence-electron chi connectivity index (χ2n) is 11.8. The van der Waals surface area contributed by atoms with E-state index in [-0.39, 0.29) is 11.8 Å². The fraction of sp³-hybridized carbons (Fsp3) is 0.353. The number of rotatable bonds is 10. The number of hydrogen-bond acceptors (Lipinski definition) is 9. The number of nitrogens with zero attached hydrogens (tertiary/aromatic N) is 8. The van der Waals surface area contributed by atoms with Crippen molar-refractivity contribution in [3.63, 3.8) is 0 Å². The lowest BCUT2D eigenvalue weighted by Crippen LogP contribution is -2.46. The number of anilines is 2. The lowest BCUT2D eigenvalue weighted by molar-refractivity contribution is -0.179. The third-order valence-electron chi connectivity index (χ3n) is 8.79. The van der Waals surface area contributed by atoms with E-state index < -0.39 is 5.79 Å². The van der Waals surface area contributed by atoms with Gasteiger partial charge in [0.1, 0.15) is 36.9 Å². The quantitative estimate of drug-likeness (QED) is 0.220. The van der Waals surface area contributed by atoms with Gasteiger partial charge in [-0.05, 0) is 67.6 Å². The van der Waals surface area contributed by atoms with Crippen LogP contribution in [0.15, 0.2) is 90.2 Å². The van der Waals surface area contributed by atoms with Crippen molar-refractivity contribution in [3.8, 4) is 11.4 Å². The van der Waals surface area contributed by atoms with Crippen LogP contribution in [0.1, 0.15) is 18.3 Å². The largest absolute Gasteiger partial charge is 0.491 e. The van der Waals surface area contributed by atoms with Gasteiger partial charge >= 0.3 is 5.69 Å². The van der Waals surface area contributed by atoms with E-state index in [0.717, 1.165) is 60.4 Å². The van der Waals surface area contributed by atoms with Gasteiger partial charge in [0.2, 0.25) is 5.79 Å². The highest BCUT2D eigenvalue weighted by Gasteiger charge is 2.44. The van der Waals surface area contributed by atoms with E-state index in [0.29, 0.717) is 31.2 Å². The molecule has 0 saturated carbocycles. The number of aryl methyl sites for hydroxylation is 2. The van der Waals surface area contributed by atoms with Gasteiger partial charge in [-0.3, -0.25) is 4.57 Å². The monoisotopic (exact) mass is 656 g/mol. The van der Waals surface area contributed by atoms with Crippen LogP contribution in [-0.4, -0.2) is 74.6 Å². The summed E-state index contributed by atoms with van der Waals surface area (Å²) in [5, 5.41) is 13.1. The van der Waals surface area contributed by atoms with E-state index >= 15 is 0 Å². The Labute approximate surface area is 277 Å². The summed E-state index contributed by atoms with van der Waals surface area (Å²) in [6.45, 7) is 6.84. The predicted octanol–water partition coefficient (Wildman–Crippen LogP) is 4.05. The minimum atomic E-state index is -1.01. The van der Waals surface area contributed by atoms with Gasteiger partial charge in [0.15, 0.2) is 0 Å². The fourth-order valence-corrected chi connectivity index (χ4v) is 6.20. The third-order valence-corrected chi connectivity index (χ3v) is 9.04. The first-order valence-electron chi connectivity index (χ1n) is 15.8. The molecule has 4 heterocycles. The summed E-state index contributed by atoms with van der Waals surface area (Å²) in [7, 11) is 1.90. The van der Waals surface area contributed by atoms with E-state index in [4.69, 9.17) is 25.8 Å². The second-order valence-corrected chi connectivity index (χ2v) is 12.2. The van der Waals surface area contributed by atoms with Gasteiger partial charge in [-0.15, -0.1) is 10.2 Å². The van der Waals surface area contributed by atoms with Crippen LogP contribution < -0.4 is 20.2 Å². The Morgan fingerprint density at radius 3 is 2.13 bits per heavy atom. The maximum absolute atomic E-state index is 12.4. The van der Waals surface area contributed by atoms with Crippen molar-refractivity contribution in [2.75, 3.05) is 49.2 Å². The molecule has 2 aliphatic rings. The average Bonchev–Trinajstić information content (AvgIpc) is 3.83. The number of benzene rings is 3. The van der Waals surface area contributed by atoms with Gasteiger partial charge in [0.25, 0.3) is 0 Å². The van der Waals surface area contributed by atoms with E-state index in [9.17, 15) is 4.79 Å². The minimum Gasteiger partial charge on any atom is -0.491 e. The van der Waals surface area contributed by atoms with Crippen molar-refractivity contribution >= 4 is 23.0 Å². The standard InChI is InChI=1S/C34H37ClN8O4/c1-3-40-24-37-43(33(40)44)29-10-8-27(9-11-29)41-16-18-42(19-17-41)28-12-14-30(15-13-28)45-21-31-22-46-34(47-31,20-32-38-36-23-39(32)2)25-4-6-26(35)7-5-25/h4-15,23-24,31H,3,16-22H2,1-2H3. The molecule has 47 heavy (non-hydrogen) atoms. The Balaban J connectivity index is 0.927. The highest BCUT2D eigenvalue weighted by atomic mass is 35.5. The molecule has 0 aliphatic carbocycles. The number of halogens is 1. The van der Waals surface area contributed by atoms with E-state index in [1.54, 1.807) is 17.2 Å². The Morgan fingerprint density at radius 2 is 1.53 bits per heavy atom. The summed E-state index contributed by atoms with van der Waals surface area (Å²) >= 11 is 6.16. The van der Waals surface area contributed by atoms with Gasteiger partial charge in [-0.2, -0.15) is 9.78 Å². The first-order chi connectivity index (χ1) is 22.9. The molecule has 0 amide bonds. The molecule has 0 N–H and O–H groups in total. The summed E-state index contributed by atoms with van der Waals surface area (Å²) in [5.74, 6) is 0.520. The van der Waals surface area contributed by atoms with Crippen molar-refractivity contribution in [2.45, 2.75) is 31.8 Å². The highest BCUT2D eigenvalue weighted by molar-refractivity contribution is 6.30. The van der Waals surface area contributed by atoms with Crippen LogP contribution in [0, 0.1) is 0 Å². The number of ether oxygens (including phenoxy) is 3. The molecule has 2 saturated heterocycles. The Kier molecular flexibility index (Phi) is 8.72. The van der Waals surface area contributed by atoms with Gasteiger partial charge in [0.05, 0.1) is 18.7 Å². The topological polar surface area (TPSA) is 105 Å². The lowest BCUT2D eigenvalue weighted by Gasteiger charge is -2.37. The highest BCUT2D eigenvalue weighted by Crippen LogP contribution is 2.38. The van der Waals surface area contributed by atoms with Crippen LogP contribution >= 0.6 is 11.6 Å². The van der Waals surface area contributed by atoms with Crippen molar-refractivity contribution in [1.29, 1.82) is 0 Å². The first-order valence-corrected chi connectivity index (χ1v) is 16.2. The molecule has 2 unspecified atom stereocenters. The van der Waals surface area contributed by atoms with Crippen molar-refractivity contribution in [3.05, 3.63) is 112 Å². The van der Waals surface area contributed by atoms with E-state index in [1.807, 2.05) is 67.1 Å². The van der Waals surface area contributed by atoms with E-state index in [1.165, 1.54) is 4.68 Å². The molecule has 3 aromatic carbocycles. The number of hydrogen-bond donors (Lipinski definition) is 0. The Morgan fingerprint density at radius 1 is 0.894 bits per heavy atom. The van der Waals surface area contributed by atoms with Crippen LogP contribution in [0.3, 0.4) is 0 Å². The molecule has 2 aliphatic heterocycles. The van der Waals surface area contributed by atoms with Gasteiger partial charge in [0, 0.05) is 61.7 Å². The molecule has 2 aromatic heterocycles. The molecule has 5 aromatic rings. The molecule has 0 bridgehead atoms. The predicted molar refractivity (Wildman–Crippen MR) is 179 cm³/mol. The Hall–Kier alpha value is -4.65. The molecule has 0 spiro atoms. The Bertz CT molecular complexity index is 1850. The van der Waals surface area contributed by atoms with Crippen LogP contribution in [0.25, 0.3) is 5.69 Å². The molecular weight excluding hydrogens is 620 g/mol. The van der Waals surface area contributed by atoms with Gasteiger partial charge in [-0.1, -0.05) is 23.7 Å². The average molecular weight is 657 g/mol. The smallest absolute Gasteiger partial charge is 0.350 e. The summed E-state index contributed by atoms with van der Waals surface area (Å²) in [6.07, 6.45) is 3.37. The van der Waals surface area contributed by atoms with E-state index in [2.05, 4.69) is 49.4 Å². The van der Waals surface area contributed by atoms with Crippen LogP contribution in [0.2, 0.25) is 5.02 Å². The molecule has 12 nitrogen and oxygen atoms in total. The zero-order chi connectivity index (χ0) is 32.4. The van der Waals surface area contributed by atoms with Crippen molar-refractivity contribution < 1.29 is 14.2 Å². The second kappa shape index (κ2) is 13.2. The molecule has 244 valence electrons. The first kappa shape index (κ1) is 31.0. The minimum absolute atomic E-state index is 0.128. The van der Waals surface area contributed by atoms with Crippen molar-refractivity contribution in [1.82, 2.24) is 29.1 Å². The zero-order valence-corrected chi connectivity index (χ0v) is 27.2. The summed E-state index contributed by atoms with van der Waals surface area (Å²) in [4.78, 5) is 17.2. The molecular formula is C34H37ClN8O4. The number of aromatic nitrogens is 6. The third kappa shape index (κ3) is 6.49. The zero-order valence-electron chi connectivity index (χ0n) is 26.4. The fourth-order valence-electron chi connectivity index (χ4n) is 6.07. The number of piperazine rings is 1. The molecule has 2 atom stereocenters.